The van der Waals surface area contributed by atoms with Gasteiger partial charge in [0, 0.05) is 10.9 Å². The summed E-state index contributed by atoms with van der Waals surface area (Å²) in [6.07, 6.45) is 8.13. The molecule has 0 aromatic carbocycles. The monoisotopic (exact) mass is 333 g/mol. The molecular weight excluding hydrogens is 314 g/mol. The largest absolute Gasteiger partial charge is 0.463 e. The maximum absolute atomic E-state index is 12.6. The van der Waals surface area contributed by atoms with Crippen molar-refractivity contribution in [3.63, 3.8) is 0 Å². The standard InChI is InChI=1S/C17H19N3O2.ClH/c21-16(13-9-12-3-8-22-14(12)10-18-13)19-15-11-1-6-20(7-2-11)17(15)4-5-17;/h3,8-11,15H,1-2,4-7H2,(H,19,21);1H/t15-;/m1./s1. The predicted octanol–water partition coefficient (Wildman–Crippen LogP) is 2.61. The molecule has 1 aliphatic carbocycles. The second kappa shape index (κ2) is 5.21. The molecule has 0 unspecified atom stereocenters. The van der Waals surface area contributed by atoms with Crippen LogP contribution in [0.1, 0.15) is 36.2 Å². The van der Waals surface area contributed by atoms with Crippen molar-refractivity contribution in [2.45, 2.75) is 37.3 Å². The van der Waals surface area contributed by atoms with Crippen LogP contribution < -0.4 is 5.32 Å². The molecule has 2 bridgehead atoms. The normalized spacial score (nSPS) is 30.2. The van der Waals surface area contributed by atoms with Gasteiger partial charge in [-0.2, -0.15) is 0 Å². The van der Waals surface area contributed by atoms with E-state index in [1.54, 1.807) is 12.5 Å². The topological polar surface area (TPSA) is 58.4 Å². The summed E-state index contributed by atoms with van der Waals surface area (Å²) in [5.74, 6) is 0.585. The molecule has 6 heteroatoms. The number of furan rings is 1. The molecule has 1 amide bonds. The van der Waals surface area contributed by atoms with Crippen molar-refractivity contribution in [3.05, 3.63) is 30.3 Å². The van der Waals surface area contributed by atoms with Gasteiger partial charge in [-0.3, -0.25) is 9.69 Å². The molecule has 2 aromatic rings. The quantitative estimate of drug-likeness (QED) is 0.917. The fourth-order valence-electron chi connectivity index (χ4n) is 4.53. The smallest absolute Gasteiger partial charge is 0.270 e. The summed E-state index contributed by atoms with van der Waals surface area (Å²) in [4.78, 5) is 19.5. The number of hydrogen-bond donors (Lipinski definition) is 1. The Morgan fingerprint density at radius 2 is 2.13 bits per heavy atom. The van der Waals surface area contributed by atoms with Crippen molar-refractivity contribution < 1.29 is 9.21 Å². The number of carbonyl (C=O) groups is 1. The first kappa shape index (κ1) is 15.0. The first-order valence-electron chi connectivity index (χ1n) is 8.15. The molecular formula is C17H20ClN3O2. The van der Waals surface area contributed by atoms with E-state index in [9.17, 15) is 4.79 Å². The van der Waals surface area contributed by atoms with Crippen LogP contribution in [-0.2, 0) is 0 Å². The Bertz CT molecular complexity index is 747. The predicted molar refractivity (Wildman–Crippen MR) is 88.8 cm³/mol. The van der Waals surface area contributed by atoms with Crippen molar-refractivity contribution in [3.8, 4) is 0 Å². The van der Waals surface area contributed by atoms with Gasteiger partial charge in [0.25, 0.3) is 5.91 Å². The van der Waals surface area contributed by atoms with Crippen LogP contribution in [-0.4, -0.2) is 40.5 Å². The Labute approximate surface area is 140 Å². The van der Waals surface area contributed by atoms with E-state index in [-0.39, 0.29) is 23.9 Å². The van der Waals surface area contributed by atoms with Crippen LogP contribution in [0.15, 0.2) is 29.0 Å². The van der Waals surface area contributed by atoms with Crippen molar-refractivity contribution >= 4 is 29.3 Å². The third-order valence-corrected chi connectivity index (χ3v) is 5.84. The number of nitrogens with one attached hydrogen (secondary N) is 1. The van der Waals surface area contributed by atoms with E-state index in [2.05, 4.69) is 15.2 Å². The summed E-state index contributed by atoms with van der Waals surface area (Å²) < 4.78 is 5.29. The molecule has 3 saturated heterocycles. The van der Waals surface area contributed by atoms with Gasteiger partial charge < -0.3 is 9.73 Å². The first-order chi connectivity index (χ1) is 10.8. The fraction of sp³-hybridized carbons (Fsp3) is 0.529. The second-order valence-corrected chi connectivity index (χ2v) is 6.91. The summed E-state index contributed by atoms with van der Waals surface area (Å²) in [6.45, 7) is 2.41. The van der Waals surface area contributed by atoms with E-state index >= 15 is 0 Å². The van der Waals surface area contributed by atoms with Crippen LogP contribution in [0, 0.1) is 5.92 Å². The number of piperidine rings is 3. The summed E-state index contributed by atoms with van der Waals surface area (Å²) >= 11 is 0. The second-order valence-electron chi connectivity index (χ2n) is 6.91. The van der Waals surface area contributed by atoms with Crippen molar-refractivity contribution in [1.82, 2.24) is 15.2 Å². The van der Waals surface area contributed by atoms with Gasteiger partial charge in [-0.25, -0.2) is 4.98 Å². The molecule has 5 nitrogen and oxygen atoms in total. The van der Waals surface area contributed by atoms with E-state index in [1.165, 1.54) is 38.8 Å². The molecule has 3 aliphatic heterocycles. The van der Waals surface area contributed by atoms with E-state index in [0.717, 1.165) is 11.0 Å². The molecule has 1 atom stereocenters. The minimum absolute atomic E-state index is 0. The van der Waals surface area contributed by atoms with Crippen molar-refractivity contribution in [2.75, 3.05) is 13.1 Å². The molecule has 5 heterocycles. The number of nitrogens with zero attached hydrogens (tertiary/aromatic N) is 2. The summed E-state index contributed by atoms with van der Waals surface area (Å²) in [7, 11) is 0. The van der Waals surface area contributed by atoms with Gasteiger partial charge in [-0.1, -0.05) is 0 Å². The lowest BCUT2D eigenvalue weighted by molar-refractivity contribution is -0.00152. The zero-order valence-corrected chi connectivity index (χ0v) is 13.6. The Kier molecular flexibility index (Phi) is 3.39. The number of rotatable bonds is 2. The zero-order chi connectivity index (χ0) is 14.7. The van der Waals surface area contributed by atoms with Gasteiger partial charge in [-0.05, 0) is 56.8 Å². The number of aromatic nitrogens is 1. The third kappa shape index (κ3) is 2.17. The van der Waals surface area contributed by atoms with Gasteiger partial charge in [0.1, 0.15) is 5.69 Å². The molecule has 1 spiro atoms. The number of pyridine rings is 1. The zero-order valence-electron chi connectivity index (χ0n) is 12.8. The maximum Gasteiger partial charge on any atom is 0.270 e. The highest BCUT2D eigenvalue weighted by Crippen LogP contribution is 2.53. The molecule has 4 fully saturated rings. The minimum Gasteiger partial charge on any atom is -0.463 e. The first-order valence-corrected chi connectivity index (χ1v) is 8.15. The molecule has 122 valence electrons. The SMILES string of the molecule is Cl.O=C(N[C@@H]1C2CCN(CC2)C12CC2)c1cc2ccoc2cn1. The van der Waals surface area contributed by atoms with E-state index in [0.29, 0.717) is 17.7 Å². The molecule has 0 radical (unpaired) electrons. The van der Waals surface area contributed by atoms with Crippen LogP contribution in [0.4, 0.5) is 0 Å². The molecule has 23 heavy (non-hydrogen) atoms. The van der Waals surface area contributed by atoms with Crippen LogP contribution in [0.3, 0.4) is 0 Å². The number of fused-ring (bicyclic) bond motifs is 3. The molecule has 1 saturated carbocycles. The van der Waals surface area contributed by atoms with Crippen LogP contribution in [0.2, 0.25) is 0 Å². The van der Waals surface area contributed by atoms with Gasteiger partial charge in [0.2, 0.25) is 0 Å². The number of carbonyl (C=O) groups excluding carboxylic acids is 1. The lowest BCUT2D eigenvalue weighted by atomic mass is 9.77. The Hall–Kier alpha value is -1.59. The average Bonchev–Trinajstić information content (AvgIpc) is 3.18. The lowest BCUT2D eigenvalue weighted by Crippen LogP contribution is -2.65. The summed E-state index contributed by atoms with van der Waals surface area (Å²) in [5.41, 5.74) is 1.47. The van der Waals surface area contributed by atoms with Gasteiger partial charge in [-0.15, -0.1) is 12.4 Å². The number of halogens is 1. The van der Waals surface area contributed by atoms with E-state index in [4.69, 9.17) is 4.42 Å². The minimum atomic E-state index is -0.0480. The lowest BCUT2D eigenvalue weighted by Gasteiger charge is -2.52. The van der Waals surface area contributed by atoms with Crippen LogP contribution in [0.5, 0.6) is 0 Å². The molecule has 2 aromatic heterocycles. The maximum atomic E-state index is 12.6. The van der Waals surface area contributed by atoms with Crippen molar-refractivity contribution in [2.24, 2.45) is 5.92 Å². The number of amides is 1. The summed E-state index contributed by atoms with van der Waals surface area (Å²) in [6, 6.07) is 3.98. The highest BCUT2D eigenvalue weighted by Gasteiger charge is 2.60. The Balaban J connectivity index is 0.00000135. The van der Waals surface area contributed by atoms with E-state index < -0.39 is 0 Å². The highest BCUT2D eigenvalue weighted by molar-refractivity contribution is 5.95. The van der Waals surface area contributed by atoms with Gasteiger partial charge >= 0.3 is 0 Å². The Morgan fingerprint density at radius 3 is 2.87 bits per heavy atom. The fourth-order valence-corrected chi connectivity index (χ4v) is 4.53. The average molecular weight is 334 g/mol. The highest BCUT2D eigenvalue weighted by atomic mass is 35.5. The van der Waals surface area contributed by atoms with Gasteiger partial charge in [0.15, 0.2) is 5.58 Å². The number of hydrogen-bond acceptors (Lipinski definition) is 4. The third-order valence-electron chi connectivity index (χ3n) is 5.84. The van der Waals surface area contributed by atoms with E-state index in [1.807, 2.05) is 12.1 Å². The van der Waals surface area contributed by atoms with Crippen LogP contribution >= 0.6 is 12.4 Å². The molecule has 1 N–H and O–H groups in total. The molecule has 4 aliphatic rings. The van der Waals surface area contributed by atoms with Crippen molar-refractivity contribution in [1.29, 1.82) is 0 Å². The summed E-state index contributed by atoms with van der Waals surface area (Å²) in [5, 5.41) is 4.23. The molecule has 6 rings (SSSR count). The van der Waals surface area contributed by atoms with Gasteiger partial charge in [0.05, 0.1) is 18.5 Å². The Morgan fingerprint density at radius 1 is 1.35 bits per heavy atom. The van der Waals surface area contributed by atoms with Crippen LogP contribution in [0.25, 0.3) is 11.0 Å².